The van der Waals surface area contributed by atoms with E-state index in [4.69, 9.17) is 11.6 Å². The van der Waals surface area contributed by atoms with Crippen LogP contribution in [-0.4, -0.2) is 23.3 Å². The van der Waals surface area contributed by atoms with Gasteiger partial charge < -0.3 is 5.32 Å². The van der Waals surface area contributed by atoms with E-state index in [0.717, 1.165) is 0 Å². The van der Waals surface area contributed by atoms with E-state index in [1.54, 1.807) is 0 Å². The van der Waals surface area contributed by atoms with Gasteiger partial charge in [0.15, 0.2) is 0 Å². The van der Waals surface area contributed by atoms with Gasteiger partial charge in [-0.3, -0.25) is 14.9 Å². The molecule has 0 fully saturated rings. The van der Waals surface area contributed by atoms with Crippen LogP contribution in [0.3, 0.4) is 0 Å². The fraction of sp³-hybridized carbons (Fsp3) is 0.300. The van der Waals surface area contributed by atoms with Crippen LogP contribution in [0, 0.1) is 21.7 Å². The molecule has 0 aliphatic heterocycles. The van der Waals surface area contributed by atoms with E-state index in [2.05, 4.69) is 5.32 Å². The van der Waals surface area contributed by atoms with E-state index in [1.807, 2.05) is 0 Å². The third kappa shape index (κ3) is 3.13. The van der Waals surface area contributed by atoms with Crippen molar-refractivity contribution in [2.75, 3.05) is 12.4 Å². The third-order valence-corrected chi connectivity index (χ3v) is 2.36. The summed E-state index contributed by atoms with van der Waals surface area (Å²) >= 11 is 5.37. The molecule has 0 aliphatic carbocycles. The molecule has 0 spiro atoms. The summed E-state index contributed by atoms with van der Waals surface area (Å²) < 4.78 is 26.9. The summed E-state index contributed by atoms with van der Waals surface area (Å²) in [5.41, 5.74) is -1.90. The van der Waals surface area contributed by atoms with Gasteiger partial charge in [0.1, 0.15) is 11.4 Å². The lowest BCUT2D eigenvalue weighted by atomic mass is 10.1. The first-order chi connectivity index (χ1) is 8.49. The van der Waals surface area contributed by atoms with Crippen molar-refractivity contribution in [3.05, 3.63) is 39.4 Å². The zero-order chi connectivity index (χ0) is 13.7. The second-order valence-electron chi connectivity index (χ2n) is 3.31. The van der Waals surface area contributed by atoms with Crippen molar-refractivity contribution in [3.63, 3.8) is 0 Å². The standard InChI is InChI=1S/C10H9ClF2N2O3/c11-4-1-5-14-10(16)8-6(12)2-3-7(9(8)13)15(17)18/h2-3H,1,4-5H2,(H,14,16). The Morgan fingerprint density at radius 3 is 2.67 bits per heavy atom. The summed E-state index contributed by atoms with van der Waals surface area (Å²) in [4.78, 5) is 20.9. The highest BCUT2D eigenvalue weighted by Gasteiger charge is 2.25. The van der Waals surface area contributed by atoms with Gasteiger partial charge in [-0.15, -0.1) is 11.6 Å². The van der Waals surface area contributed by atoms with Crippen LogP contribution < -0.4 is 5.32 Å². The highest BCUT2D eigenvalue weighted by Crippen LogP contribution is 2.22. The molecule has 0 radical (unpaired) electrons. The maximum absolute atomic E-state index is 13.6. The molecule has 0 aromatic heterocycles. The van der Waals surface area contributed by atoms with E-state index < -0.39 is 33.7 Å². The smallest absolute Gasteiger partial charge is 0.305 e. The first-order valence-corrected chi connectivity index (χ1v) is 5.49. The number of nitrogens with one attached hydrogen (secondary N) is 1. The molecular formula is C10H9ClF2N2O3. The topological polar surface area (TPSA) is 72.2 Å². The number of hydrogen-bond acceptors (Lipinski definition) is 3. The number of benzene rings is 1. The van der Waals surface area contributed by atoms with Gasteiger partial charge >= 0.3 is 5.69 Å². The molecule has 5 nitrogen and oxygen atoms in total. The highest BCUT2D eigenvalue weighted by molar-refractivity contribution is 6.17. The van der Waals surface area contributed by atoms with Crippen LogP contribution in [0.2, 0.25) is 0 Å². The van der Waals surface area contributed by atoms with E-state index in [0.29, 0.717) is 18.6 Å². The molecule has 0 heterocycles. The number of nitrogens with zero attached hydrogens (tertiary/aromatic N) is 1. The average molecular weight is 279 g/mol. The van der Waals surface area contributed by atoms with Crippen LogP contribution in [0.4, 0.5) is 14.5 Å². The average Bonchev–Trinajstić information content (AvgIpc) is 2.28. The number of carbonyl (C=O) groups excluding carboxylic acids is 1. The van der Waals surface area contributed by atoms with Crippen molar-refractivity contribution in [3.8, 4) is 0 Å². The van der Waals surface area contributed by atoms with Gasteiger partial charge in [0.2, 0.25) is 5.82 Å². The predicted octanol–water partition coefficient (Wildman–Crippen LogP) is 2.23. The zero-order valence-corrected chi connectivity index (χ0v) is 9.84. The van der Waals surface area contributed by atoms with Crippen LogP contribution in [0.5, 0.6) is 0 Å². The minimum atomic E-state index is -1.48. The van der Waals surface area contributed by atoms with E-state index in [-0.39, 0.29) is 12.4 Å². The molecule has 0 aliphatic rings. The normalized spacial score (nSPS) is 10.2. The fourth-order valence-corrected chi connectivity index (χ4v) is 1.38. The molecule has 0 bridgehead atoms. The lowest BCUT2D eigenvalue weighted by Crippen LogP contribution is -2.27. The van der Waals surface area contributed by atoms with Crippen molar-refractivity contribution in [2.24, 2.45) is 0 Å². The Bertz CT molecular complexity index is 482. The number of carbonyl (C=O) groups is 1. The van der Waals surface area contributed by atoms with Gasteiger partial charge in [-0.1, -0.05) is 0 Å². The Morgan fingerprint density at radius 2 is 2.11 bits per heavy atom. The molecule has 1 aromatic carbocycles. The second-order valence-corrected chi connectivity index (χ2v) is 3.69. The summed E-state index contributed by atoms with van der Waals surface area (Å²) in [5.74, 6) is -3.40. The molecule has 1 rings (SSSR count). The maximum atomic E-state index is 13.6. The molecule has 1 amide bonds. The SMILES string of the molecule is O=C(NCCCCl)c1c(F)ccc([N+](=O)[O-])c1F. The molecule has 8 heteroatoms. The first-order valence-electron chi connectivity index (χ1n) is 4.95. The number of rotatable bonds is 5. The minimum absolute atomic E-state index is 0.129. The molecule has 0 unspecified atom stereocenters. The first kappa shape index (κ1) is 14.3. The van der Waals surface area contributed by atoms with Crippen LogP contribution in [0.15, 0.2) is 12.1 Å². The van der Waals surface area contributed by atoms with E-state index in [1.165, 1.54) is 0 Å². The lowest BCUT2D eigenvalue weighted by molar-refractivity contribution is -0.387. The maximum Gasteiger partial charge on any atom is 0.305 e. The summed E-state index contributed by atoms with van der Waals surface area (Å²) in [6, 6.07) is 1.35. The van der Waals surface area contributed by atoms with Crippen LogP contribution in [0.25, 0.3) is 0 Å². The molecule has 1 aromatic rings. The van der Waals surface area contributed by atoms with Gasteiger partial charge in [0.25, 0.3) is 5.91 Å². The zero-order valence-electron chi connectivity index (χ0n) is 9.08. The molecule has 0 saturated heterocycles. The van der Waals surface area contributed by atoms with Gasteiger partial charge in [0.05, 0.1) is 4.92 Å². The van der Waals surface area contributed by atoms with Crippen LogP contribution in [-0.2, 0) is 0 Å². The third-order valence-electron chi connectivity index (χ3n) is 2.09. The Balaban J connectivity index is 3.03. The van der Waals surface area contributed by atoms with Crippen molar-refractivity contribution in [1.29, 1.82) is 0 Å². The summed E-state index contributed by atoms with van der Waals surface area (Å²) in [7, 11) is 0. The quantitative estimate of drug-likeness (QED) is 0.388. The van der Waals surface area contributed by atoms with Gasteiger partial charge in [0, 0.05) is 18.5 Å². The molecule has 0 atom stereocenters. The predicted molar refractivity (Wildman–Crippen MR) is 60.7 cm³/mol. The summed E-state index contributed by atoms with van der Waals surface area (Å²) in [6.45, 7) is 0.129. The fourth-order valence-electron chi connectivity index (χ4n) is 1.25. The van der Waals surface area contributed by atoms with Crippen molar-refractivity contribution in [2.45, 2.75) is 6.42 Å². The molecule has 18 heavy (non-hydrogen) atoms. The number of hydrogen-bond donors (Lipinski definition) is 1. The number of nitro groups is 1. The van der Waals surface area contributed by atoms with Gasteiger partial charge in [-0.25, -0.2) is 4.39 Å². The number of amides is 1. The molecule has 0 saturated carbocycles. The van der Waals surface area contributed by atoms with Crippen molar-refractivity contribution >= 4 is 23.2 Å². The Morgan fingerprint density at radius 1 is 1.44 bits per heavy atom. The number of halogens is 3. The Labute approximate surface area is 106 Å². The van der Waals surface area contributed by atoms with Crippen molar-refractivity contribution < 1.29 is 18.5 Å². The van der Waals surface area contributed by atoms with E-state index >= 15 is 0 Å². The van der Waals surface area contributed by atoms with Crippen LogP contribution in [0.1, 0.15) is 16.8 Å². The lowest BCUT2D eigenvalue weighted by Gasteiger charge is -2.06. The number of alkyl halides is 1. The van der Waals surface area contributed by atoms with E-state index in [9.17, 15) is 23.7 Å². The monoisotopic (exact) mass is 278 g/mol. The number of nitro benzene ring substituents is 1. The van der Waals surface area contributed by atoms with Gasteiger partial charge in [-0.05, 0) is 12.5 Å². The van der Waals surface area contributed by atoms with Gasteiger partial charge in [-0.2, -0.15) is 4.39 Å². The largest absolute Gasteiger partial charge is 0.352 e. The summed E-state index contributed by atoms with van der Waals surface area (Å²) in [5, 5.41) is 12.7. The van der Waals surface area contributed by atoms with Crippen LogP contribution >= 0.6 is 11.6 Å². The minimum Gasteiger partial charge on any atom is -0.352 e. The Kier molecular flexibility index (Phi) is 4.96. The second kappa shape index (κ2) is 6.25. The molecule has 1 N–H and O–H groups in total. The van der Waals surface area contributed by atoms with Crippen molar-refractivity contribution in [1.82, 2.24) is 5.32 Å². The molecular weight excluding hydrogens is 270 g/mol. The summed E-state index contributed by atoms with van der Waals surface area (Å²) in [6.07, 6.45) is 0.422. The molecule has 98 valence electrons. The Hall–Kier alpha value is -1.76. The highest BCUT2D eigenvalue weighted by atomic mass is 35.5.